The summed E-state index contributed by atoms with van der Waals surface area (Å²) in [6.45, 7) is 0.529. The number of hydrogen-bond acceptors (Lipinski definition) is 3. The molecule has 0 bridgehead atoms. The predicted molar refractivity (Wildman–Crippen MR) is 93.6 cm³/mol. The van der Waals surface area contributed by atoms with Crippen LogP contribution < -0.4 is 0 Å². The average molecular weight is 460 g/mol. The molecule has 0 radical (unpaired) electrons. The van der Waals surface area contributed by atoms with Gasteiger partial charge in [-0.15, -0.1) is 0 Å². The van der Waals surface area contributed by atoms with Crippen molar-refractivity contribution < 1.29 is 14.7 Å². The highest BCUT2D eigenvalue weighted by atomic mass is 127. The molecule has 1 aromatic carbocycles. The summed E-state index contributed by atoms with van der Waals surface area (Å²) in [7, 11) is 0. The van der Waals surface area contributed by atoms with Gasteiger partial charge in [0.05, 0.1) is 23.0 Å². The first-order chi connectivity index (χ1) is 9.90. The summed E-state index contributed by atoms with van der Waals surface area (Å²) in [6.07, 6.45) is -0.0520. The molecular formula is C13H12Cl2INO3S. The number of amides is 1. The van der Waals surface area contributed by atoms with Crippen molar-refractivity contribution in [3.05, 3.63) is 31.3 Å². The van der Waals surface area contributed by atoms with E-state index in [0.717, 1.165) is 5.75 Å². The number of rotatable bonds is 3. The topological polar surface area (TPSA) is 57.6 Å². The molecule has 2 rings (SSSR count). The van der Waals surface area contributed by atoms with Gasteiger partial charge in [0, 0.05) is 26.6 Å². The van der Waals surface area contributed by atoms with E-state index < -0.39 is 5.97 Å². The highest BCUT2D eigenvalue weighted by molar-refractivity contribution is 14.1. The Hall–Kier alpha value is -0.180. The van der Waals surface area contributed by atoms with E-state index in [1.807, 2.05) is 22.6 Å². The fraction of sp³-hybridized carbons (Fsp3) is 0.385. The Kier molecular flexibility index (Phi) is 6.05. The van der Waals surface area contributed by atoms with Gasteiger partial charge in [-0.2, -0.15) is 11.8 Å². The van der Waals surface area contributed by atoms with Crippen LogP contribution >= 0.6 is 57.6 Å². The first-order valence-corrected chi connectivity index (χ1v) is 9.14. The Balaban J connectivity index is 2.31. The van der Waals surface area contributed by atoms with E-state index in [1.165, 1.54) is 0 Å². The molecule has 0 aliphatic carbocycles. The summed E-state index contributed by atoms with van der Waals surface area (Å²) in [6, 6.07) is 2.86. The van der Waals surface area contributed by atoms with Gasteiger partial charge in [0.1, 0.15) is 0 Å². The van der Waals surface area contributed by atoms with Crippen molar-refractivity contribution in [1.29, 1.82) is 0 Å². The average Bonchev–Trinajstić information content (AvgIpc) is 2.42. The SMILES string of the molecule is O=C(O)CC1CSCCN1C(=O)c1cc(Cl)cc(Cl)c1I. The lowest BCUT2D eigenvalue weighted by Crippen LogP contribution is -2.47. The van der Waals surface area contributed by atoms with Crippen LogP contribution in [0.2, 0.25) is 10.0 Å². The first kappa shape index (κ1) is 17.2. The molecule has 0 spiro atoms. The second-order valence-electron chi connectivity index (χ2n) is 4.57. The summed E-state index contributed by atoms with van der Waals surface area (Å²) in [5.41, 5.74) is 0.426. The molecule has 21 heavy (non-hydrogen) atoms. The van der Waals surface area contributed by atoms with Crippen LogP contribution in [-0.2, 0) is 4.79 Å². The highest BCUT2D eigenvalue weighted by Crippen LogP contribution is 2.29. The Labute approximate surface area is 150 Å². The van der Waals surface area contributed by atoms with Crippen molar-refractivity contribution in [2.24, 2.45) is 0 Å². The maximum atomic E-state index is 12.7. The van der Waals surface area contributed by atoms with Crippen LogP contribution in [-0.4, -0.2) is 46.0 Å². The quantitative estimate of drug-likeness (QED) is 0.553. The molecule has 0 saturated carbocycles. The molecule has 114 valence electrons. The third-order valence-electron chi connectivity index (χ3n) is 3.12. The predicted octanol–water partition coefficient (Wildman–Crippen LogP) is 3.63. The first-order valence-electron chi connectivity index (χ1n) is 6.15. The molecule has 1 aliphatic heterocycles. The van der Waals surface area contributed by atoms with Crippen molar-refractivity contribution in [3.8, 4) is 0 Å². The molecule has 1 N–H and O–H groups in total. The number of carboxylic acids is 1. The van der Waals surface area contributed by atoms with Crippen LogP contribution in [0.15, 0.2) is 12.1 Å². The number of nitrogens with zero attached hydrogens (tertiary/aromatic N) is 1. The minimum atomic E-state index is -0.904. The molecule has 1 atom stereocenters. The fourth-order valence-electron chi connectivity index (χ4n) is 2.16. The Bertz CT molecular complexity index is 585. The second-order valence-corrected chi connectivity index (χ2v) is 7.65. The second kappa shape index (κ2) is 7.39. The van der Waals surface area contributed by atoms with Gasteiger partial charge in [-0.05, 0) is 34.7 Å². The van der Waals surface area contributed by atoms with E-state index in [-0.39, 0.29) is 18.4 Å². The van der Waals surface area contributed by atoms with Crippen LogP contribution in [0.5, 0.6) is 0 Å². The molecule has 1 saturated heterocycles. The molecular weight excluding hydrogens is 448 g/mol. The fourth-order valence-corrected chi connectivity index (χ4v) is 4.26. The zero-order chi connectivity index (χ0) is 15.6. The van der Waals surface area contributed by atoms with Crippen molar-refractivity contribution in [1.82, 2.24) is 4.90 Å². The summed E-state index contributed by atoms with van der Waals surface area (Å²) in [4.78, 5) is 25.3. The number of carbonyl (C=O) groups is 2. The van der Waals surface area contributed by atoms with Crippen LogP contribution in [0.25, 0.3) is 0 Å². The van der Waals surface area contributed by atoms with E-state index in [4.69, 9.17) is 28.3 Å². The van der Waals surface area contributed by atoms with Gasteiger partial charge in [0.15, 0.2) is 0 Å². The molecule has 8 heteroatoms. The van der Waals surface area contributed by atoms with E-state index >= 15 is 0 Å². The number of carbonyl (C=O) groups excluding carboxylic acids is 1. The lowest BCUT2D eigenvalue weighted by Gasteiger charge is -2.35. The normalized spacial score (nSPS) is 18.6. The zero-order valence-electron chi connectivity index (χ0n) is 10.8. The summed E-state index contributed by atoms with van der Waals surface area (Å²) >= 11 is 15.7. The van der Waals surface area contributed by atoms with Gasteiger partial charge >= 0.3 is 5.97 Å². The van der Waals surface area contributed by atoms with E-state index in [9.17, 15) is 9.59 Å². The van der Waals surface area contributed by atoms with Crippen molar-refractivity contribution in [3.63, 3.8) is 0 Å². The standard InChI is InChI=1S/C13H12Cl2INO3S/c14-7-3-9(12(16)10(15)4-7)13(20)17-1-2-21-6-8(17)5-11(18)19/h3-4,8H,1-2,5-6H2,(H,18,19). The van der Waals surface area contributed by atoms with Gasteiger partial charge in [-0.3, -0.25) is 9.59 Å². The van der Waals surface area contributed by atoms with E-state index in [2.05, 4.69) is 0 Å². The van der Waals surface area contributed by atoms with Gasteiger partial charge in [-0.25, -0.2) is 0 Å². The summed E-state index contributed by atoms with van der Waals surface area (Å²) in [5, 5.41) is 9.80. The van der Waals surface area contributed by atoms with E-state index in [1.54, 1.807) is 28.8 Å². The third kappa shape index (κ3) is 4.18. The summed E-state index contributed by atoms with van der Waals surface area (Å²) < 4.78 is 0.635. The van der Waals surface area contributed by atoms with Crippen LogP contribution in [0.4, 0.5) is 0 Å². The van der Waals surface area contributed by atoms with Crippen molar-refractivity contribution in [2.45, 2.75) is 12.5 Å². The molecule has 1 aromatic rings. The minimum Gasteiger partial charge on any atom is -0.481 e. The molecule has 1 heterocycles. The smallest absolute Gasteiger partial charge is 0.305 e. The number of hydrogen-bond donors (Lipinski definition) is 1. The molecule has 4 nitrogen and oxygen atoms in total. The Morgan fingerprint density at radius 2 is 2.14 bits per heavy atom. The number of benzene rings is 1. The molecule has 1 unspecified atom stereocenters. The number of halogens is 3. The number of thioether (sulfide) groups is 1. The molecule has 1 aliphatic rings. The Morgan fingerprint density at radius 1 is 1.43 bits per heavy atom. The Morgan fingerprint density at radius 3 is 2.81 bits per heavy atom. The zero-order valence-corrected chi connectivity index (χ0v) is 15.3. The van der Waals surface area contributed by atoms with Gasteiger partial charge in [0.25, 0.3) is 5.91 Å². The lowest BCUT2D eigenvalue weighted by molar-refractivity contribution is -0.138. The third-order valence-corrected chi connectivity index (χ3v) is 6.21. The van der Waals surface area contributed by atoms with Crippen molar-refractivity contribution in [2.75, 3.05) is 18.1 Å². The molecule has 1 fully saturated rings. The molecule has 1 amide bonds. The highest BCUT2D eigenvalue weighted by Gasteiger charge is 2.30. The van der Waals surface area contributed by atoms with Gasteiger partial charge in [0.2, 0.25) is 0 Å². The van der Waals surface area contributed by atoms with Crippen molar-refractivity contribution >= 4 is 69.4 Å². The van der Waals surface area contributed by atoms with Gasteiger partial charge in [-0.1, -0.05) is 23.2 Å². The van der Waals surface area contributed by atoms with Gasteiger partial charge < -0.3 is 10.0 Å². The minimum absolute atomic E-state index is 0.0520. The number of carboxylic acid groups (broad SMARTS) is 1. The monoisotopic (exact) mass is 459 g/mol. The largest absolute Gasteiger partial charge is 0.481 e. The molecule has 0 aromatic heterocycles. The van der Waals surface area contributed by atoms with Crippen LogP contribution in [0.1, 0.15) is 16.8 Å². The lowest BCUT2D eigenvalue weighted by atomic mass is 10.1. The maximum absolute atomic E-state index is 12.7. The van der Waals surface area contributed by atoms with Crippen LogP contribution in [0.3, 0.4) is 0 Å². The summed E-state index contributed by atoms with van der Waals surface area (Å²) in [5.74, 6) is 0.310. The van der Waals surface area contributed by atoms with Crippen LogP contribution in [0, 0.1) is 3.57 Å². The number of aliphatic carboxylic acids is 1. The maximum Gasteiger partial charge on any atom is 0.305 e. The van der Waals surface area contributed by atoms with E-state index in [0.29, 0.717) is 31.5 Å².